The van der Waals surface area contributed by atoms with Gasteiger partial charge in [0.1, 0.15) is 0 Å². The maximum Gasteiger partial charge on any atom is 0.310 e. The molecule has 1 fully saturated rings. The van der Waals surface area contributed by atoms with E-state index in [1.165, 1.54) is 26.4 Å². The molecule has 0 bridgehead atoms. The second-order valence-corrected chi connectivity index (χ2v) is 5.55. The highest BCUT2D eigenvalue weighted by molar-refractivity contribution is 5.82. The summed E-state index contributed by atoms with van der Waals surface area (Å²) in [5, 5.41) is 3.39. The second-order valence-electron chi connectivity index (χ2n) is 5.55. The number of carbonyl (C=O) groups excluding carboxylic acids is 1. The van der Waals surface area contributed by atoms with E-state index in [2.05, 4.69) is 29.1 Å². The van der Waals surface area contributed by atoms with E-state index in [9.17, 15) is 4.79 Å². The number of rotatable bonds is 6. The van der Waals surface area contributed by atoms with Crippen LogP contribution in [0.15, 0.2) is 4.99 Å². The van der Waals surface area contributed by atoms with Crippen LogP contribution < -0.4 is 5.32 Å². The topological polar surface area (TPSA) is 53.9 Å². The molecule has 0 radical (unpaired) electrons. The SMILES string of the molecule is CCCCCCNC(=NC)N1CC(C)C(C(=O)OC)C1. The van der Waals surface area contributed by atoms with Crippen LogP contribution in [-0.2, 0) is 9.53 Å². The first-order valence-corrected chi connectivity index (χ1v) is 7.67. The standard InChI is InChI=1S/C15H29N3O2/c1-5-6-7-8-9-17-15(16-3)18-10-12(2)13(11-18)14(19)20-4/h12-13H,5-11H2,1-4H3,(H,16,17). The predicted octanol–water partition coefficient (Wildman–Crippen LogP) is 1.88. The summed E-state index contributed by atoms with van der Waals surface area (Å²) in [7, 11) is 3.25. The first kappa shape index (κ1) is 16.8. The highest BCUT2D eigenvalue weighted by atomic mass is 16.5. The third kappa shape index (κ3) is 4.69. The fraction of sp³-hybridized carbons (Fsp3) is 0.867. The molecule has 0 spiro atoms. The highest BCUT2D eigenvalue weighted by Gasteiger charge is 2.36. The molecule has 1 aliphatic rings. The van der Waals surface area contributed by atoms with E-state index in [1.807, 2.05) is 0 Å². The Hall–Kier alpha value is -1.26. The molecule has 5 heteroatoms. The molecule has 20 heavy (non-hydrogen) atoms. The van der Waals surface area contributed by atoms with Gasteiger partial charge in [-0.05, 0) is 12.3 Å². The van der Waals surface area contributed by atoms with Gasteiger partial charge in [0.2, 0.25) is 0 Å². The molecule has 0 aromatic carbocycles. The number of ether oxygens (including phenoxy) is 1. The zero-order valence-electron chi connectivity index (χ0n) is 13.3. The first-order chi connectivity index (χ1) is 9.63. The lowest BCUT2D eigenvalue weighted by molar-refractivity contribution is -0.145. The van der Waals surface area contributed by atoms with Gasteiger partial charge in [-0.3, -0.25) is 9.79 Å². The van der Waals surface area contributed by atoms with Crippen molar-refractivity contribution in [3.63, 3.8) is 0 Å². The summed E-state index contributed by atoms with van der Waals surface area (Å²) in [5.74, 6) is 1.05. The molecule has 0 saturated carbocycles. The molecule has 1 heterocycles. The van der Waals surface area contributed by atoms with E-state index in [1.54, 1.807) is 7.05 Å². The number of likely N-dealkylation sites (tertiary alicyclic amines) is 1. The minimum absolute atomic E-state index is 0.0429. The molecule has 0 aromatic rings. The molecule has 1 rings (SSSR count). The van der Waals surface area contributed by atoms with Crippen molar-refractivity contribution in [2.24, 2.45) is 16.8 Å². The highest BCUT2D eigenvalue weighted by Crippen LogP contribution is 2.23. The first-order valence-electron chi connectivity index (χ1n) is 7.67. The van der Waals surface area contributed by atoms with Gasteiger partial charge in [0.05, 0.1) is 13.0 Å². The number of methoxy groups -OCH3 is 1. The molecule has 0 amide bonds. The average Bonchev–Trinajstić information content (AvgIpc) is 2.84. The minimum Gasteiger partial charge on any atom is -0.469 e. The molecule has 116 valence electrons. The van der Waals surface area contributed by atoms with Crippen LogP contribution in [0.4, 0.5) is 0 Å². The Morgan fingerprint density at radius 3 is 2.70 bits per heavy atom. The van der Waals surface area contributed by atoms with Crippen LogP contribution in [0.2, 0.25) is 0 Å². The van der Waals surface area contributed by atoms with Gasteiger partial charge in [0, 0.05) is 26.7 Å². The van der Waals surface area contributed by atoms with Crippen molar-refractivity contribution in [1.29, 1.82) is 0 Å². The summed E-state index contributed by atoms with van der Waals surface area (Å²) in [5.41, 5.74) is 0. The smallest absolute Gasteiger partial charge is 0.310 e. The molecule has 1 saturated heterocycles. The van der Waals surface area contributed by atoms with Crippen molar-refractivity contribution in [3.05, 3.63) is 0 Å². The van der Waals surface area contributed by atoms with Crippen molar-refractivity contribution in [1.82, 2.24) is 10.2 Å². The molecular weight excluding hydrogens is 254 g/mol. The number of nitrogens with one attached hydrogen (secondary N) is 1. The van der Waals surface area contributed by atoms with Gasteiger partial charge in [-0.2, -0.15) is 0 Å². The van der Waals surface area contributed by atoms with Crippen LogP contribution >= 0.6 is 0 Å². The van der Waals surface area contributed by atoms with E-state index in [-0.39, 0.29) is 11.9 Å². The number of esters is 1. The lowest BCUT2D eigenvalue weighted by Gasteiger charge is -2.21. The summed E-state index contributed by atoms with van der Waals surface area (Å²) in [6.45, 7) is 6.80. The van der Waals surface area contributed by atoms with Crippen LogP contribution in [0.1, 0.15) is 39.5 Å². The molecular formula is C15H29N3O2. The number of aliphatic imine (C=N–C) groups is 1. The van der Waals surface area contributed by atoms with Crippen LogP contribution in [0.5, 0.6) is 0 Å². The number of hydrogen-bond acceptors (Lipinski definition) is 3. The maximum atomic E-state index is 11.7. The van der Waals surface area contributed by atoms with E-state index in [0.29, 0.717) is 12.5 Å². The largest absolute Gasteiger partial charge is 0.469 e. The van der Waals surface area contributed by atoms with Gasteiger partial charge in [0.25, 0.3) is 0 Å². The monoisotopic (exact) mass is 283 g/mol. The molecule has 0 aromatic heterocycles. The summed E-state index contributed by atoms with van der Waals surface area (Å²) in [6.07, 6.45) is 4.95. The van der Waals surface area contributed by atoms with Crippen LogP contribution in [0.3, 0.4) is 0 Å². The van der Waals surface area contributed by atoms with E-state index in [0.717, 1.165) is 25.5 Å². The van der Waals surface area contributed by atoms with Crippen molar-refractivity contribution in [2.75, 3.05) is 33.8 Å². The Morgan fingerprint density at radius 1 is 1.35 bits per heavy atom. The Kier molecular flexibility index (Phi) is 7.41. The third-order valence-corrected chi connectivity index (χ3v) is 3.94. The van der Waals surface area contributed by atoms with Crippen molar-refractivity contribution < 1.29 is 9.53 Å². The van der Waals surface area contributed by atoms with Gasteiger partial charge >= 0.3 is 5.97 Å². The van der Waals surface area contributed by atoms with Crippen molar-refractivity contribution >= 4 is 11.9 Å². The van der Waals surface area contributed by atoms with Gasteiger partial charge in [-0.1, -0.05) is 33.1 Å². The summed E-state index contributed by atoms with van der Waals surface area (Å²) in [4.78, 5) is 18.2. The molecule has 5 nitrogen and oxygen atoms in total. The summed E-state index contributed by atoms with van der Waals surface area (Å²) < 4.78 is 4.87. The number of carbonyl (C=O) groups is 1. The number of guanidine groups is 1. The van der Waals surface area contributed by atoms with Crippen molar-refractivity contribution in [2.45, 2.75) is 39.5 Å². The Balaban J connectivity index is 2.41. The zero-order chi connectivity index (χ0) is 15.0. The van der Waals surface area contributed by atoms with Gasteiger partial charge < -0.3 is 15.0 Å². The van der Waals surface area contributed by atoms with E-state index >= 15 is 0 Å². The lowest BCUT2D eigenvalue weighted by atomic mass is 9.99. The Bertz CT molecular complexity index is 331. The van der Waals surface area contributed by atoms with E-state index < -0.39 is 0 Å². The van der Waals surface area contributed by atoms with Gasteiger partial charge in [0.15, 0.2) is 5.96 Å². The second kappa shape index (κ2) is 8.82. The molecule has 1 aliphatic heterocycles. The minimum atomic E-state index is -0.113. The summed E-state index contributed by atoms with van der Waals surface area (Å²) >= 11 is 0. The van der Waals surface area contributed by atoms with Crippen LogP contribution in [-0.4, -0.2) is 50.6 Å². The lowest BCUT2D eigenvalue weighted by Crippen LogP contribution is -2.41. The molecule has 2 unspecified atom stereocenters. The fourth-order valence-corrected chi connectivity index (χ4v) is 2.68. The van der Waals surface area contributed by atoms with Crippen molar-refractivity contribution in [3.8, 4) is 0 Å². The third-order valence-electron chi connectivity index (χ3n) is 3.94. The Labute approximate surface area is 122 Å². The van der Waals surface area contributed by atoms with Gasteiger partial charge in [-0.15, -0.1) is 0 Å². The predicted molar refractivity (Wildman–Crippen MR) is 81.7 cm³/mol. The molecule has 2 atom stereocenters. The van der Waals surface area contributed by atoms with Gasteiger partial charge in [-0.25, -0.2) is 0 Å². The maximum absolute atomic E-state index is 11.7. The molecule has 1 N–H and O–H groups in total. The quantitative estimate of drug-likeness (QED) is 0.350. The molecule has 0 aliphatic carbocycles. The van der Waals surface area contributed by atoms with Crippen LogP contribution in [0, 0.1) is 11.8 Å². The number of hydrogen-bond donors (Lipinski definition) is 1. The zero-order valence-corrected chi connectivity index (χ0v) is 13.3. The summed E-state index contributed by atoms with van der Waals surface area (Å²) in [6, 6.07) is 0. The normalized spacial score (nSPS) is 23.0. The fourth-order valence-electron chi connectivity index (χ4n) is 2.68. The van der Waals surface area contributed by atoms with Crippen LogP contribution in [0.25, 0.3) is 0 Å². The number of unbranched alkanes of at least 4 members (excludes halogenated alkanes) is 3. The Morgan fingerprint density at radius 2 is 2.10 bits per heavy atom. The average molecular weight is 283 g/mol. The van der Waals surface area contributed by atoms with E-state index in [4.69, 9.17) is 4.74 Å². The number of nitrogens with zero attached hydrogens (tertiary/aromatic N) is 2.